The van der Waals surface area contributed by atoms with Gasteiger partial charge in [0.2, 0.25) is 0 Å². The smallest absolute Gasteiger partial charge is 0.190 e. The van der Waals surface area contributed by atoms with Gasteiger partial charge in [0.15, 0.2) is 17.4 Å². The van der Waals surface area contributed by atoms with Gasteiger partial charge in [0.05, 0.1) is 13.2 Å². The fourth-order valence-electron chi connectivity index (χ4n) is 2.41. The van der Waals surface area contributed by atoms with Gasteiger partial charge in [0.1, 0.15) is 0 Å². The van der Waals surface area contributed by atoms with E-state index in [1.165, 1.54) is 18.2 Å². The number of aliphatic hydroxyl groups is 1. The summed E-state index contributed by atoms with van der Waals surface area (Å²) in [6.45, 7) is 6.27. The molecule has 0 fully saturated rings. The molecule has 0 aliphatic heterocycles. The predicted octanol–water partition coefficient (Wildman–Crippen LogP) is 3.26. The molecule has 1 rings (SSSR count). The van der Waals surface area contributed by atoms with Crippen LogP contribution < -0.4 is 10.1 Å². The van der Waals surface area contributed by atoms with Gasteiger partial charge in [-0.3, -0.25) is 0 Å². The van der Waals surface area contributed by atoms with Crippen LogP contribution in [0.5, 0.6) is 5.75 Å². The molecule has 5 heteroatoms. The average Bonchev–Trinajstić information content (AvgIpc) is 2.44. The first-order valence-corrected chi connectivity index (χ1v) is 7.39. The Kier molecular flexibility index (Phi) is 7.05. The van der Waals surface area contributed by atoms with Gasteiger partial charge in [-0.05, 0) is 31.4 Å². The minimum absolute atomic E-state index is 0.0236. The molecule has 0 aromatic heterocycles. The monoisotopic (exact) mass is 301 g/mol. The van der Waals surface area contributed by atoms with Crippen LogP contribution in [0.4, 0.5) is 8.78 Å². The summed E-state index contributed by atoms with van der Waals surface area (Å²) in [6, 6.07) is 3.89. The minimum Gasteiger partial charge on any atom is -0.488 e. The van der Waals surface area contributed by atoms with Crippen molar-refractivity contribution in [2.24, 2.45) is 0 Å². The summed E-state index contributed by atoms with van der Waals surface area (Å²) in [5.74, 6) is -1.72. The lowest BCUT2D eigenvalue weighted by Gasteiger charge is -2.34. The first-order chi connectivity index (χ1) is 9.94. The maximum Gasteiger partial charge on any atom is 0.190 e. The molecule has 0 heterocycles. The molecule has 21 heavy (non-hydrogen) atoms. The Labute approximate surface area is 125 Å². The molecular formula is C16H25F2NO2. The highest BCUT2D eigenvalue weighted by Crippen LogP contribution is 2.22. The van der Waals surface area contributed by atoms with E-state index in [-0.39, 0.29) is 30.5 Å². The summed E-state index contributed by atoms with van der Waals surface area (Å²) in [5, 5.41) is 13.0. The van der Waals surface area contributed by atoms with E-state index >= 15 is 0 Å². The Bertz CT molecular complexity index is 414. The zero-order valence-electron chi connectivity index (χ0n) is 13.0. The SMILES string of the molecule is CCC(CO)(CCCOc1c(F)cccc1F)NC(C)C. The Morgan fingerprint density at radius 2 is 1.90 bits per heavy atom. The largest absolute Gasteiger partial charge is 0.488 e. The third-order valence-corrected chi connectivity index (χ3v) is 3.54. The van der Waals surface area contributed by atoms with Crippen molar-refractivity contribution < 1.29 is 18.6 Å². The third-order valence-electron chi connectivity index (χ3n) is 3.54. The topological polar surface area (TPSA) is 41.5 Å². The van der Waals surface area contributed by atoms with Crippen molar-refractivity contribution in [2.75, 3.05) is 13.2 Å². The molecule has 1 aromatic rings. The third kappa shape index (κ3) is 5.25. The highest BCUT2D eigenvalue weighted by atomic mass is 19.1. The van der Waals surface area contributed by atoms with Gasteiger partial charge < -0.3 is 15.2 Å². The van der Waals surface area contributed by atoms with E-state index in [1.54, 1.807) is 0 Å². The van der Waals surface area contributed by atoms with Gasteiger partial charge >= 0.3 is 0 Å². The minimum atomic E-state index is -0.695. The van der Waals surface area contributed by atoms with E-state index in [9.17, 15) is 13.9 Å². The lowest BCUT2D eigenvalue weighted by molar-refractivity contribution is 0.128. The van der Waals surface area contributed by atoms with Crippen LogP contribution in [0.15, 0.2) is 18.2 Å². The maximum absolute atomic E-state index is 13.4. The van der Waals surface area contributed by atoms with Gasteiger partial charge in [0, 0.05) is 11.6 Å². The second kappa shape index (κ2) is 8.29. The normalized spacial score (nSPS) is 14.2. The van der Waals surface area contributed by atoms with Crippen molar-refractivity contribution in [1.29, 1.82) is 0 Å². The van der Waals surface area contributed by atoms with Crippen LogP contribution in [0.25, 0.3) is 0 Å². The number of hydrogen-bond donors (Lipinski definition) is 2. The van der Waals surface area contributed by atoms with E-state index in [2.05, 4.69) is 5.32 Å². The number of nitrogens with one attached hydrogen (secondary N) is 1. The van der Waals surface area contributed by atoms with Crippen LogP contribution >= 0.6 is 0 Å². The van der Waals surface area contributed by atoms with Crippen molar-refractivity contribution in [3.63, 3.8) is 0 Å². The van der Waals surface area contributed by atoms with E-state index in [0.717, 1.165) is 6.42 Å². The van der Waals surface area contributed by atoms with Crippen LogP contribution in [-0.4, -0.2) is 29.9 Å². The number of ether oxygens (including phenoxy) is 1. The molecule has 0 bridgehead atoms. The van der Waals surface area contributed by atoms with Gasteiger partial charge in [-0.25, -0.2) is 8.78 Å². The second-order valence-electron chi connectivity index (χ2n) is 5.59. The van der Waals surface area contributed by atoms with E-state index in [4.69, 9.17) is 4.74 Å². The van der Waals surface area contributed by atoms with Crippen LogP contribution in [0.2, 0.25) is 0 Å². The van der Waals surface area contributed by atoms with Crippen LogP contribution in [-0.2, 0) is 0 Å². The number of hydrogen-bond acceptors (Lipinski definition) is 3. The number of aliphatic hydroxyl groups excluding tert-OH is 1. The van der Waals surface area contributed by atoms with Gasteiger partial charge in [-0.1, -0.05) is 26.8 Å². The molecule has 0 spiro atoms. The molecule has 0 aliphatic carbocycles. The fourth-order valence-corrected chi connectivity index (χ4v) is 2.41. The quantitative estimate of drug-likeness (QED) is 0.688. The Hall–Kier alpha value is -1.20. The van der Waals surface area contributed by atoms with Crippen molar-refractivity contribution >= 4 is 0 Å². The number of para-hydroxylation sites is 1. The first-order valence-electron chi connectivity index (χ1n) is 7.39. The molecule has 0 saturated carbocycles. The molecule has 0 amide bonds. The zero-order chi connectivity index (χ0) is 15.9. The molecule has 1 aromatic carbocycles. The van der Waals surface area contributed by atoms with E-state index in [1.807, 2.05) is 20.8 Å². The highest BCUT2D eigenvalue weighted by Gasteiger charge is 2.27. The summed E-state index contributed by atoms with van der Waals surface area (Å²) < 4.78 is 32.0. The fraction of sp³-hybridized carbons (Fsp3) is 0.625. The highest BCUT2D eigenvalue weighted by molar-refractivity contribution is 5.25. The zero-order valence-corrected chi connectivity index (χ0v) is 13.0. The maximum atomic E-state index is 13.4. The predicted molar refractivity (Wildman–Crippen MR) is 79.5 cm³/mol. The first kappa shape index (κ1) is 17.9. The summed E-state index contributed by atoms with van der Waals surface area (Å²) >= 11 is 0. The number of halogens is 2. The van der Waals surface area contributed by atoms with Gasteiger partial charge in [0.25, 0.3) is 0 Å². The molecule has 120 valence electrons. The van der Waals surface area contributed by atoms with Crippen molar-refractivity contribution in [2.45, 2.75) is 51.6 Å². The second-order valence-corrected chi connectivity index (χ2v) is 5.59. The molecule has 0 saturated heterocycles. The average molecular weight is 301 g/mol. The number of benzene rings is 1. The van der Waals surface area contributed by atoms with Crippen LogP contribution in [0.3, 0.4) is 0 Å². The van der Waals surface area contributed by atoms with E-state index in [0.29, 0.717) is 12.8 Å². The van der Waals surface area contributed by atoms with Crippen LogP contribution in [0.1, 0.15) is 40.0 Å². The van der Waals surface area contributed by atoms with Crippen molar-refractivity contribution in [3.8, 4) is 5.75 Å². The summed E-state index contributed by atoms with van der Waals surface area (Å²) in [7, 11) is 0. The van der Waals surface area contributed by atoms with Gasteiger partial charge in [-0.15, -0.1) is 0 Å². The molecular weight excluding hydrogens is 276 g/mol. The Balaban J connectivity index is 2.51. The molecule has 1 unspecified atom stereocenters. The van der Waals surface area contributed by atoms with Gasteiger partial charge in [-0.2, -0.15) is 0 Å². The van der Waals surface area contributed by atoms with Crippen molar-refractivity contribution in [3.05, 3.63) is 29.8 Å². The summed E-state index contributed by atoms with van der Waals surface area (Å²) in [6.07, 6.45) is 2.05. The van der Waals surface area contributed by atoms with Crippen LogP contribution in [0, 0.1) is 11.6 Å². The molecule has 0 radical (unpaired) electrons. The molecule has 1 atom stereocenters. The molecule has 2 N–H and O–H groups in total. The number of rotatable bonds is 9. The lowest BCUT2D eigenvalue weighted by Crippen LogP contribution is -2.51. The van der Waals surface area contributed by atoms with E-state index < -0.39 is 11.6 Å². The Morgan fingerprint density at radius 1 is 1.29 bits per heavy atom. The summed E-state index contributed by atoms with van der Waals surface area (Å²) in [5.41, 5.74) is -0.370. The summed E-state index contributed by atoms with van der Waals surface area (Å²) in [4.78, 5) is 0. The lowest BCUT2D eigenvalue weighted by atomic mass is 9.90. The standard InChI is InChI=1S/C16H25F2NO2/c1-4-16(11-20,19-12(2)3)9-6-10-21-15-13(17)7-5-8-14(15)18/h5,7-8,12,19-20H,4,6,9-11H2,1-3H3. The van der Waals surface area contributed by atoms with Crippen molar-refractivity contribution in [1.82, 2.24) is 5.32 Å². The molecule has 3 nitrogen and oxygen atoms in total. The molecule has 0 aliphatic rings. The Morgan fingerprint density at radius 3 is 2.38 bits per heavy atom.